The Balaban J connectivity index is 1.82. The van der Waals surface area contributed by atoms with Gasteiger partial charge in [-0.3, -0.25) is 0 Å². The maximum absolute atomic E-state index is 10.7. The molecule has 1 fully saturated rings. The number of hydrogen-bond acceptors (Lipinski definition) is 5. The van der Waals surface area contributed by atoms with Gasteiger partial charge in [0.15, 0.2) is 0 Å². The van der Waals surface area contributed by atoms with Gasteiger partial charge in [0.2, 0.25) is 0 Å². The summed E-state index contributed by atoms with van der Waals surface area (Å²) in [4.78, 5) is 2.28. The molecule has 0 aliphatic heterocycles. The molecule has 0 amide bonds. The van der Waals surface area contributed by atoms with Crippen LogP contribution < -0.4 is 10.1 Å². The Morgan fingerprint density at radius 1 is 1.20 bits per heavy atom. The van der Waals surface area contributed by atoms with E-state index in [1.165, 1.54) is 32.1 Å². The van der Waals surface area contributed by atoms with Crippen LogP contribution in [0.2, 0.25) is 0 Å². The van der Waals surface area contributed by atoms with Crippen LogP contribution in [-0.2, 0) is 6.54 Å². The standard InChI is InChI=1S/C25H40N2O3/c1-4-15-25(29,16-5-2)20-26-17-21-11-9-10-14-24(21)30-19-23(28)18-27(3)22-12-7-6-8-13-22/h4-5,9-11,14,22-23,26,28-29H,1-2,6-8,12-13,15-20H2,3H3/t23-/m1/s1. The molecule has 0 spiro atoms. The minimum absolute atomic E-state index is 0.269. The first kappa shape index (κ1) is 24.6. The lowest BCUT2D eigenvalue weighted by atomic mass is 9.94. The molecule has 0 saturated heterocycles. The van der Waals surface area contributed by atoms with E-state index in [1.807, 2.05) is 24.3 Å². The third-order valence-electron chi connectivity index (χ3n) is 5.92. The number of nitrogens with one attached hydrogen (secondary N) is 1. The second kappa shape index (κ2) is 12.9. The number of aliphatic hydroxyl groups excluding tert-OH is 1. The van der Waals surface area contributed by atoms with Crippen LogP contribution in [-0.4, -0.2) is 59.6 Å². The Bertz CT molecular complexity index is 633. The molecule has 0 unspecified atom stereocenters. The monoisotopic (exact) mass is 416 g/mol. The molecule has 1 aliphatic rings. The van der Waals surface area contributed by atoms with Gasteiger partial charge < -0.3 is 25.2 Å². The van der Waals surface area contributed by atoms with Gasteiger partial charge in [0.05, 0.1) is 5.60 Å². The summed E-state index contributed by atoms with van der Waals surface area (Å²) in [5.41, 5.74) is 0.129. The molecule has 5 nitrogen and oxygen atoms in total. The summed E-state index contributed by atoms with van der Waals surface area (Å²) in [5.74, 6) is 0.764. The smallest absolute Gasteiger partial charge is 0.123 e. The maximum Gasteiger partial charge on any atom is 0.123 e. The zero-order valence-corrected chi connectivity index (χ0v) is 18.6. The van der Waals surface area contributed by atoms with Gasteiger partial charge in [-0.25, -0.2) is 0 Å². The third kappa shape index (κ3) is 8.23. The maximum atomic E-state index is 10.7. The van der Waals surface area contributed by atoms with Crippen molar-refractivity contribution in [1.82, 2.24) is 10.2 Å². The second-order valence-electron chi connectivity index (χ2n) is 8.62. The highest BCUT2D eigenvalue weighted by molar-refractivity contribution is 5.33. The predicted molar refractivity (Wildman–Crippen MR) is 124 cm³/mol. The van der Waals surface area contributed by atoms with Crippen LogP contribution in [0.25, 0.3) is 0 Å². The van der Waals surface area contributed by atoms with Crippen LogP contribution in [0.4, 0.5) is 0 Å². The fraction of sp³-hybridized carbons (Fsp3) is 0.600. The van der Waals surface area contributed by atoms with E-state index in [2.05, 4.69) is 30.4 Å². The van der Waals surface area contributed by atoms with Gasteiger partial charge in [0, 0.05) is 31.2 Å². The molecule has 1 atom stereocenters. The first-order valence-corrected chi connectivity index (χ1v) is 11.2. The van der Waals surface area contributed by atoms with Crippen molar-refractivity contribution in [3.8, 4) is 5.75 Å². The van der Waals surface area contributed by atoms with E-state index >= 15 is 0 Å². The third-order valence-corrected chi connectivity index (χ3v) is 5.92. The molecule has 30 heavy (non-hydrogen) atoms. The van der Waals surface area contributed by atoms with Gasteiger partial charge in [0.25, 0.3) is 0 Å². The second-order valence-corrected chi connectivity index (χ2v) is 8.62. The van der Waals surface area contributed by atoms with E-state index in [9.17, 15) is 10.2 Å². The van der Waals surface area contributed by atoms with Crippen LogP contribution in [0.5, 0.6) is 5.75 Å². The summed E-state index contributed by atoms with van der Waals surface area (Å²) < 4.78 is 5.95. The Labute approximate surface area is 182 Å². The summed E-state index contributed by atoms with van der Waals surface area (Å²) in [6.07, 6.45) is 10.3. The number of benzene rings is 1. The van der Waals surface area contributed by atoms with Gasteiger partial charge in [-0.1, -0.05) is 49.6 Å². The zero-order chi connectivity index (χ0) is 21.8. The molecule has 0 heterocycles. The number of rotatable bonds is 14. The highest BCUT2D eigenvalue weighted by atomic mass is 16.5. The average Bonchev–Trinajstić information content (AvgIpc) is 2.74. The van der Waals surface area contributed by atoms with E-state index in [0.29, 0.717) is 38.5 Å². The van der Waals surface area contributed by atoms with Gasteiger partial charge in [0.1, 0.15) is 18.5 Å². The van der Waals surface area contributed by atoms with Crippen molar-refractivity contribution in [1.29, 1.82) is 0 Å². The van der Waals surface area contributed by atoms with Gasteiger partial charge in [-0.05, 0) is 38.8 Å². The van der Waals surface area contributed by atoms with Crippen molar-refractivity contribution < 1.29 is 14.9 Å². The number of ether oxygens (including phenoxy) is 1. The molecular weight excluding hydrogens is 376 g/mol. The van der Waals surface area contributed by atoms with Crippen molar-refractivity contribution in [3.63, 3.8) is 0 Å². The first-order valence-electron chi connectivity index (χ1n) is 11.2. The Morgan fingerprint density at radius 2 is 1.87 bits per heavy atom. The summed E-state index contributed by atoms with van der Waals surface area (Å²) >= 11 is 0. The fourth-order valence-corrected chi connectivity index (χ4v) is 4.23. The van der Waals surface area contributed by atoms with Crippen LogP contribution >= 0.6 is 0 Å². The van der Waals surface area contributed by atoms with E-state index in [-0.39, 0.29) is 6.61 Å². The molecule has 1 saturated carbocycles. The molecule has 0 radical (unpaired) electrons. The largest absolute Gasteiger partial charge is 0.491 e. The summed E-state index contributed by atoms with van der Waals surface area (Å²) in [6, 6.07) is 8.41. The molecule has 0 aromatic heterocycles. The van der Waals surface area contributed by atoms with Gasteiger partial charge in [-0.15, -0.1) is 13.2 Å². The SMILES string of the molecule is C=CCC(O)(CC=C)CNCc1ccccc1OC[C@H](O)CN(C)C1CCCCC1. The predicted octanol–water partition coefficient (Wildman–Crippen LogP) is 3.66. The first-order chi connectivity index (χ1) is 14.5. The lowest BCUT2D eigenvalue weighted by Crippen LogP contribution is -2.40. The van der Waals surface area contributed by atoms with Crippen LogP contribution in [0.3, 0.4) is 0 Å². The van der Waals surface area contributed by atoms with Crippen molar-refractivity contribution in [3.05, 3.63) is 55.1 Å². The molecule has 1 aliphatic carbocycles. The lowest BCUT2D eigenvalue weighted by Gasteiger charge is -2.32. The molecule has 168 valence electrons. The summed E-state index contributed by atoms with van der Waals surface area (Å²) in [6.45, 7) is 9.37. The van der Waals surface area contributed by atoms with Crippen molar-refractivity contribution in [2.75, 3.05) is 26.7 Å². The summed E-state index contributed by atoms with van der Waals surface area (Å²) in [7, 11) is 2.10. The number of hydrogen-bond donors (Lipinski definition) is 3. The number of aliphatic hydroxyl groups is 2. The topological polar surface area (TPSA) is 65.0 Å². The molecule has 3 N–H and O–H groups in total. The Hall–Kier alpha value is -1.66. The van der Waals surface area contributed by atoms with Crippen molar-refractivity contribution >= 4 is 0 Å². The number of nitrogens with zero attached hydrogens (tertiary/aromatic N) is 1. The van der Waals surface area contributed by atoms with Crippen molar-refractivity contribution in [2.45, 2.75) is 69.2 Å². The molecule has 1 aromatic carbocycles. The molecule has 5 heteroatoms. The van der Waals surface area contributed by atoms with Crippen LogP contribution in [0.1, 0.15) is 50.5 Å². The van der Waals surface area contributed by atoms with Crippen LogP contribution in [0.15, 0.2) is 49.6 Å². The Kier molecular flexibility index (Phi) is 10.6. The van der Waals surface area contributed by atoms with E-state index in [0.717, 1.165) is 11.3 Å². The van der Waals surface area contributed by atoms with Gasteiger partial charge >= 0.3 is 0 Å². The lowest BCUT2D eigenvalue weighted by molar-refractivity contribution is 0.0458. The molecule has 1 aromatic rings. The molecule has 0 bridgehead atoms. The number of para-hydroxylation sites is 1. The fourth-order valence-electron chi connectivity index (χ4n) is 4.23. The Morgan fingerprint density at radius 3 is 2.53 bits per heavy atom. The summed E-state index contributed by atoms with van der Waals surface area (Å²) in [5, 5.41) is 24.4. The number of likely N-dealkylation sites (N-methyl/N-ethyl adjacent to an activating group) is 1. The van der Waals surface area contributed by atoms with Gasteiger partial charge in [-0.2, -0.15) is 0 Å². The molecule has 2 rings (SSSR count). The highest BCUT2D eigenvalue weighted by Crippen LogP contribution is 2.22. The quantitative estimate of drug-likeness (QED) is 0.404. The minimum atomic E-state index is -0.876. The van der Waals surface area contributed by atoms with E-state index < -0.39 is 11.7 Å². The van der Waals surface area contributed by atoms with E-state index in [1.54, 1.807) is 12.2 Å². The van der Waals surface area contributed by atoms with Crippen molar-refractivity contribution in [2.24, 2.45) is 0 Å². The van der Waals surface area contributed by atoms with E-state index in [4.69, 9.17) is 4.74 Å². The highest BCUT2D eigenvalue weighted by Gasteiger charge is 2.23. The molecular formula is C25H40N2O3. The normalized spacial score (nSPS) is 16.4. The zero-order valence-electron chi connectivity index (χ0n) is 18.6. The average molecular weight is 417 g/mol. The van der Waals surface area contributed by atoms with Crippen LogP contribution in [0, 0.1) is 0 Å². The minimum Gasteiger partial charge on any atom is -0.491 e.